The van der Waals surface area contributed by atoms with Gasteiger partial charge in [-0.2, -0.15) is 0 Å². The van der Waals surface area contributed by atoms with E-state index in [2.05, 4.69) is 4.74 Å². The summed E-state index contributed by atoms with van der Waals surface area (Å²) in [5.41, 5.74) is 0. The van der Waals surface area contributed by atoms with Gasteiger partial charge in [-0.15, -0.1) is 0 Å². The van der Waals surface area contributed by atoms with Crippen molar-refractivity contribution < 1.29 is 19.4 Å². The van der Waals surface area contributed by atoms with Crippen molar-refractivity contribution in [2.24, 2.45) is 5.92 Å². The summed E-state index contributed by atoms with van der Waals surface area (Å²) >= 11 is 0. The molecule has 1 aliphatic rings. The molecule has 0 saturated carbocycles. The van der Waals surface area contributed by atoms with Crippen LogP contribution in [0.25, 0.3) is 0 Å². The van der Waals surface area contributed by atoms with E-state index >= 15 is 0 Å². The van der Waals surface area contributed by atoms with E-state index in [4.69, 9.17) is 9.84 Å². The van der Waals surface area contributed by atoms with E-state index in [1.165, 1.54) is 7.11 Å². The Kier molecular flexibility index (Phi) is 3.05. The number of hydrogen-bond donors (Lipinski definition) is 1. The fraction of sp³-hybridized carbons (Fsp3) is 0.875. The van der Waals surface area contributed by atoms with E-state index in [9.17, 15) is 4.79 Å². The minimum absolute atomic E-state index is 0.188. The van der Waals surface area contributed by atoms with Gasteiger partial charge < -0.3 is 14.6 Å². The van der Waals surface area contributed by atoms with E-state index in [-0.39, 0.29) is 18.0 Å². The Labute approximate surface area is 71.5 Å². The van der Waals surface area contributed by atoms with Gasteiger partial charge in [0.2, 0.25) is 0 Å². The Bertz CT molecular complexity index is 168. The molecule has 0 radical (unpaired) electrons. The summed E-state index contributed by atoms with van der Waals surface area (Å²) in [5, 5.41) is 9.03. The number of hydrogen-bond acceptors (Lipinski definition) is 4. The summed E-state index contributed by atoms with van der Waals surface area (Å²) in [7, 11) is 1.35. The van der Waals surface area contributed by atoms with Crippen LogP contribution in [0.2, 0.25) is 0 Å². The second-order valence-electron chi connectivity index (χ2n) is 3.02. The van der Waals surface area contributed by atoms with Crippen molar-refractivity contribution in [2.45, 2.75) is 32.2 Å². The molecule has 70 valence electrons. The topological polar surface area (TPSA) is 55.8 Å². The predicted octanol–water partition coefficient (Wildman–Crippen LogP) is 0.293. The van der Waals surface area contributed by atoms with Crippen LogP contribution < -0.4 is 0 Å². The average Bonchev–Trinajstić information content (AvgIpc) is 2.49. The first-order valence-electron chi connectivity index (χ1n) is 4.06. The van der Waals surface area contributed by atoms with Crippen LogP contribution in [-0.2, 0) is 14.3 Å². The van der Waals surface area contributed by atoms with E-state index < -0.39 is 6.29 Å². The number of ether oxygens (including phenoxy) is 2. The zero-order chi connectivity index (χ0) is 9.14. The van der Waals surface area contributed by atoms with Gasteiger partial charge in [-0.05, 0) is 13.3 Å². The normalized spacial score (nSPS) is 31.6. The smallest absolute Gasteiger partial charge is 0.311 e. The van der Waals surface area contributed by atoms with Gasteiger partial charge in [0.05, 0.1) is 19.1 Å². The number of rotatable bonds is 2. The van der Waals surface area contributed by atoms with Crippen LogP contribution in [-0.4, -0.2) is 30.6 Å². The third-order valence-corrected chi connectivity index (χ3v) is 2.16. The molecule has 3 atom stereocenters. The van der Waals surface area contributed by atoms with Crippen molar-refractivity contribution >= 4 is 5.97 Å². The summed E-state index contributed by atoms with van der Waals surface area (Å²) in [6.45, 7) is 1.74. The fourth-order valence-electron chi connectivity index (χ4n) is 1.35. The monoisotopic (exact) mass is 174 g/mol. The SMILES string of the molecule is COC(=O)C(C)[C@@H]1CCC(O)O1. The van der Waals surface area contributed by atoms with Crippen molar-refractivity contribution in [3.63, 3.8) is 0 Å². The van der Waals surface area contributed by atoms with Gasteiger partial charge >= 0.3 is 5.97 Å². The quantitative estimate of drug-likeness (QED) is 0.611. The van der Waals surface area contributed by atoms with Crippen LogP contribution in [0.15, 0.2) is 0 Å². The van der Waals surface area contributed by atoms with Gasteiger partial charge in [-0.25, -0.2) is 0 Å². The maximum Gasteiger partial charge on any atom is 0.311 e. The predicted molar refractivity (Wildman–Crippen MR) is 41.3 cm³/mol. The molecule has 1 rings (SSSR count). The third kappa shape index (κ3) is 1.95. The molecule has 1 heterocycles. The Morgan fingerprint density at radius 3 is 2.75 bits per heavy atom. The zero-order valence-corrected chi connectivity index (χ0v) is 7.32. The molecule has 1 fully saturated rings. The Morgan fingerprint density at radius 2 is 2.33 bits per heavy atom. The summed E-state index contributed by atoms with van der Waals surface area (Å²) in [4.78, 5) is 11.0. The Balaban J connectivity index is 2.42. The van der Waals surface area contributed by atoms with Crippen LogP contribution in [0.4, 0.5) is 0 Å². The first kappa shape index (κ1) is 9.48. The number of esters is 1. The second-order valence-corrected chi connectivity index (χ2v) is 3.02. The Hall–Kier alpha value is -0.610. The van der Waals surface area contributed by atoms with Crippen molar-refractivity contribution in [1.29, 1.82) is 0 Å². The van der Waals surface area contributed by atoms with E-state index in [0.717, 1.165) is 6.42 Å². The lowest BCUT2D eigenvalue weighted by Crippen LogP contribution is -2.27. The molecule has 0 aliphatic carbocycles. The molecule has 1 saturated heterocycles. The molecule has 0 aromatic rings. The van der Waals surface area contributed by atoms with Crippen molar-refractivity contribution in [2.75, 3.05) is 7.11 Å². The molecule has 12 heavy (non-hydrogen) atoms. The fourth-order valence-corrected chi connectivity index (χ4v) is 1.35. The number of aliphatic hydroxyl groups excluding tert-OH is 1. The molecule has 1 N–H and O–H groups in total. The zero-order valence-electron chi connectivity index (χ0n) is 7.32. The molecule has 1 aliphatic heterocycles. The molecule has 2 unspecified atom stereocenters. The van der Waals surface area contributed by atoms with Crippen LogP contribution in [0.5, 0.6) is 0 Å². The van der Waals surface area contributed by atoms with Gasteiger partial charge in [-0.3, -0.25) is 4.79 Å². The largest absolute Gasteiger partial charge is 0.469 e. The van der Waals surface area contributed by atoms with E-state index in [0.29, 0.717) is 6.42 Å². The summed E-state index contributed by atoms with van der Waals surface area (Å²) in [6, 6.07) is 0. The van der Waals surface area contributed by atoms with Crippen LogP contribution >= 0.6 is 0 Å². The van der Waals surface area contributed by atoms with Crippen LogP contribution in [0, 0.1) is 5.92 Å². The van der Waals surface area contributed by atoms with Crippen LogP contribution in [0.3, 0.4) is 0 Å². The highest BCUT2D eigenvalue weighted by atomic mass is 16.6. The highest BCUT2D eigenvalue weighted by molar-refractivity contribution is 5.72. The van der Waals surface area contributed by atoms with Gasteiger partial charge in [0.25, 0.3) is 0 Å². The summed E-state index contributed by atoms with van der Waals surface area (Å²) < 4.78 is 9.66. The van der Waals surface area contributed by atoms with Crippen molar-refractivity contribution in [1.82, 2.24) is 0 Å². The minimum Gasteiger partial charge on any atom is -0.469 e. The number of carbonyl (C=O) groups is 1. The maximum atomic E-state index is 11.0. The standard InChI is InChI=1S/C8H14O4/c1-5(8(10)11-2)6-3-4-7(9)12-6/h5-7,9H,3-4H2,1-2H3/t5?,6-,7?/m0/s1. The molecule has 0 spiro atoms. The number of carbonyl (C=O) groups excluding carboxylic acids is 1. The second kappa shape index (κ2) is 3.87. The maximum absolute atomic E-state index is 11.0. The lowest BCUT2D eigenvalue weighted by Gasteiger charge is -2.16. The molecule has 0 aromatic carbocycles. The van der Waals surface area contributed by atoms with E-state index in [1.54, 1.807) is 6.92 Å². The summed E-state index contributed by atoms with van der Waals surface area (Å²) in [6.07, 6.45) is 0.429. The minimum atomic E-state index is -0.706. The summed E-state index contributed by atoms with van der Waals surface area (Å²) in [5.74, 6) is -0.568. The Morgan fingerprint density at radius 1 is 1.67 bits per heavy atom. The molecule has 4 heteroatoms. The number of methoxy groups -OCH3 is 1. The molecular weight excluding hydrogens is 160 g/mol. The molecule has 4 nitrogen and oxygen atoms in total. The van der Waals surface area contributed by atoms with Crippen LogP contribution in [0.1, 0.15) is 19.8 Å². The van der Waals surface area contributed by atoms with Gasteiger partial charge in [-0.1, -0.05) is 0 Å². The highest BCUT2D eigenvalue weighted by Crippen LogP contribution is 2.24. The van der Waals surface area contributed by atoms with Gasteiger partial charge in [0.15, 0.2) is 6.29 Å². The molecule has 0 amide bonds. The molecule has 0 aromatic heterocycles. The van der Waals surface area contributed by atoms with Gasteiger partial charge in [0.1, 0.15) is 0 Å². The van der Waals surface area contributed by atoms with E-state index in [1.807, 2.05) is 0 Å². The highest BCUT2D eigenvalue weighted by Gasteiger charge is 2.32. The van der Waals surface area contributed by atoms with Crippen molar-refractivity contribution in [3.05, 3.63) is 0 Å². The molecular formula is C8H14O4. The first-order chi connectivity index (χ1) is 5.65. The lowest BCUT2D eigenvalue weighted by atomic mass is 10.0. The van der Waals surface area contributed by atoms with Gasteiger partial charge in [0, 0.05) is 6.42 Å². The third-order valence-electron chi connectivity index (χ3n) is 2.16. The first-order valence-corrected chi connectivity index (χ1v) is 4.06. The lowest BCUT2D eigenvalue weighted by molar-refractivity contribution is -0.155. The molecule has 0 bridgehead atoms. The van der Waals surface area contributed by atoms with Crippen molar-refractivity contribution in [3.8, 4) is 0 Å². The number of aliphatic hydroxyl groups is 1. The average molecular weight is 174 g/mol.